The molecule has 0 saturated heterocycles. The molecule has 1 aromatic rings. The molecule has 4 nitrogen and oxygen atoms in total. The molecule has 1 unspecified atom stereocenters. The van der Waals surface area contributed by atoms with Gasteiger partial charge < -0.3 is 10.6 Å². The number of hydrogen-bond acceptors (Lipinski definition) is 4. The van der Waals surface area contributed by atoms with Crippen LogP contribution in [0, 0.1) is 0 Å². The number of hydrogen-bond donors (Lipinski definition) is 1. The predicted molar refractivity (Wildman–Crippen MR) is 67.5 cm³/mol. The first-order chi connectivity index (χ1) is 7.52. The van der Waals surface area contributed by atoms with Gasteiger partial charge >= 0.3 is 0 Å². The van der Waals surface area contributed by atoms with Crippen LogP contribution in [-0.4, -0.2) is 24.3 Å². The molecule has 1 aromatic heterocycles. The van der Waals surface area contributed by atoms with Crippen LogP contribution < -0.4 is 10.6 Å². The molecule has 1 aliphatic rings. The van der Waals surface area contributed by atoms with Gasteiger partial charge in [-0.15, -0.1) is 11.3 Å². The summed E-state index contributed by atoms with van der Waals surface area (Å²) < 4.78 is 0. The van der Waals surface area contributed by atoms with E-state index in [0.717, 1.165) is 10.6 Å². The minimum absolute atomic E-state index is 0.117. The third-order valence-corrected chi connectivity index (χ3v) is 3.69. The zero-order chi connectivity index (χ0) is 11.9. The van der Waals surface area contributed by atoms with Gasteiger partial charge in [-0.3, -0.25) is 9.79 Å². The molecule has 2 heterocycles. The van der Waals surface area contributed by atoms with Crippen LogP contribution in [0.2, 0.25) is 0 Å². The van der Waals surface area contributed by atoms with Gasteiger partial charge in [0.1, 0.15) is 11.2 Å². The normalized spacial score (nSPS) is 19.0. The summed E-state index contributed by atoms with van der Waals surface area (Å²) >= 11 is 1.55. The largest absolute Gasteiger partial charge is 0.366 e. The molecule has 5 heteroatoms. The number of rotatable bonds is 2. The second-order valence-electron chi connectivity index (χ2n) is 4.14. The average molecular weight is 237 g/mol. The van der Waals surface area contributed by atoms with Crippen molar-refractivity contribution in [2.45, 2.75) is 33.0 Å². The van der Waals surface area contributed by atoms with Crippen molar-refractivity contribution in [1.29, 1.82) is 0 Å². The van der Waals surface area contributed by atoms with E-state index in [1.807, 2.05) is 12.3 Å². The highest BCUT2D eigenvalue weighted by molar-refractivity contribution is 7.15. The van der Waals surface area contributed by atoms with E-state index < -0.39 is 0 Å². The fraction of sp³-hybridized carbons (Fsp3) is 0.455. The maximum Gasteiger partial charge on any atom is 0.250 e. The number of amides is 1. The molecule has 0 bridgehead atoms. The maximum atomic E-state index is 11.2. The summed E-state index contributed by atoms with van der Waals surface area (Å²) in [4.78, 5) is 17.8. The van der Waals surface area contributed by atoms with Gasteiger partial charge in [0.05, 0.1) is 5.56 Å². The lowest BCUT2D eigenvalue weighted by Crippen LogP contribution is -2.39. The lowest BCUT2D eigenvalue weighted by atomic mass is 10.1. The van der Waals surface area contributed by atoms with Crippen LogP contribution in [0.15, 0.2) is 10.4 Å². The third-order valence-electron chi connectivity index (χ3n) is 2.69. The zero-order valence-electron chi connectivity index (χ0n) is 9.60. The highest BCUT2D eigenvalue weighted by Gasteiger charge is 2.27. The molecule has 1 atom stereocenters. The van der Waals surface area contributed by atoms with Crippen molar-refractivity contribution in [3.8, 4) is 0 Å². The van der Waals surface area contributed by atoms with E-state index in [1.165, 1.54) is 0 Å². The van der Waals surface area contributed by atoms with Crippen molar-refractivity contribution in [2.75, 3.05) is 4.90 Å². The van der Waals surface area contributed by atoms with E-state index in [2.05, 4.69) is 23.7 Å². The van der Waals surface area contributed by atoms with Gasteiger partial charge in [0, 0.05) is 23.2 Å². The Kier molecular flexibility index (Phi) is 2.71. The molecule has 16 heavy (non-hydrogen) atoms. The van der Waals surface area contributed by atoms with E-state index in [-0.39, 0.29) is 12.1 Å². The standard InChI is InChI=1S/C11H15N3OS/c1-6(2)14-7(3)13-4-8-9(10(12)15)5-16-11(8)14/h4-7H,1-3H3,(H2,12,15). The SMILES string of the molecule is CC(C)N1c2scc(C(N)=O)c2C=NC1C. The van der Waals surface area contributed by atoms with Gasteiger partial charge in [-0.05, 0) is 20.8 Å². The third kappa shape index (κ3) is 1.61. The fourth-order valence-corrected chi connectivity index (χ4v) is 3.21. The van der Waals surface area contributed by atoms with Gasteiger partial charge in [-0.2, -0.15) is 0 Å². The number of nitrogens with zero attached hydrogens (tertiary/aromatic N) is 2. The van der Waals surface area contributed by atoms with Crippen molar-refractivity contribution in [2.24, 2.45) is 10.7 Å². The van der Waals surface area contributed by atoms with E-state index in [4.69, 9.17) is 5.73 Å². The van der Waals surface area contributed by atoms with Gasteiger partial charge in [0.2, 0.25) is 5.91 Å². The summed E-state index contributed by atoms with van der Waals surface area (Å²) in [5.41, 5.74) is 6.76. The van der Waals surface area contributed by atoms with E-state index >= 15 is 0 Å². The number of anilines is 1. The van der Waals surface area contributed by atoms with Crippen LogP contribution >= 0.6 is 11.3 Å². The summed E-state index contributed by atoms with van der Waals surface area (Å²) in [6, 6.07) is 0.352. The molecule has 2 N–H and O–H groups in total. The summed E-state index contributed by atoms with van der Waals surface area (Å²) in [5, 5.41) is 2.90. The molecular weight excluding hydrogens is 222 g/mol. The Morgan fingerprint density at radius 3 is 2.88 bits per heavy atom. The molecule has 0 aliphatic carbocycles. The first-order valence-corrected chi connectivity index (χ1v) is 6.13. The quantitative estimate of drug-likeness (QED) is 0.853. The number of carbonyl (C=O) groups excluding carboxylic acids is 1. The van der Waals surface area contributed by atoms with Crippen molar-refractivity contribution >= 4 is 28.5 Å². The Hall–Kier alpha value is -1.36. The monoisotopic (exact) mass is 237 g/mol. The fourth-order valence-electron chi connectivity index (χ4n) is 1.96. The maximum absolute atomic E-state index is 11.2. The molecular formula is C11H15N3OS. The molecule has 0 spiro atoms. The minimum Gasteiger partial charge on any atom is -0.366 e. The number of carbonyl (C=O) groups is 1. The number of aliphatic imine (C=N–C) groups is 1. The predicted octanol–water partition coefficient (Wildman–Crippen LogP) is 1.84. The van der Waals surface area contributed by atoms with Gasteiger partial charge in [-0.25, -0.2) is 0 Å². The summed E-state index contributed by atoms with van der Waals surface area (Å²) in [6.07, 6.45) is 1.88. The highest BCUT2D eigenvalue weighted by atomic mass is 32.1. The Balaban J connectivity index is 2.52. The molecule has 0 saturated carbocycles. The molecule has 0 aromatic carbocycles. The zero-order valence-corrected chi connectivity index (χ0v) is 10.4. The number of primary amides is 1. The topological polar surface area (TPSA) is 58.7 Å². The lowest BCUT2D eigenvalue weighted by Gasteiger charge is -2.34. The van der Waals surface area contributed by atoms with Crippen molar-refractivity contribution < 1.29 is 4.79 Å². The number of fused-ring (bicyclic) bond motifs is 1. The van der Waals surface area contributed by atoms with Crippen LogP contribution in [0.4, 0.5) is 5.00 Å². The van der Waals surface area contributed by atoms with Gasteiger partial charge in [0.25, 0.3) is 0 Å². The first kappa shape index (κ1) is 11.1. The van der Waals surface area contributed by atoms with Crippen LogP contribution in [0.5, 0.6) is 0 Å². The lowest BCUT2D eigenvalue weighted by molar-refractivity contribution is 0.100. The van der Waals surface area contributed by atoms with Crippen molar-refractivity contribution in [1.82, 2.24) is 0 Å². The molecule has 1 aliphatic heterocycles. The average Bonchev–Trinajstić information content (AvgIpc) is 2.59. The molecule has 86 valence electrons. The van der Waals surface area contributed by atoms with Crippen LogP contribution in [0.25, 0.3) is 0 Å². The van der Waals surface area contributed by atoms with Crippen LogP contribution in [-0.2, 0) is 0 Å². The molecule has 0 radical (unpaired) electrons. The molecule has 2 rings (SSSR count). The highest BCUT2D eigenvalue weighted by Crippen LogP contribution is 2.35. The number of thiophene rings is 1. The Morgan fingerprint density at radius 2 is 2.31 bits per heavy atom. The smallest absolute Gasteiger partial charge is 0.250 e. The Morgan fingerprint density at radius 1 is 1.62 bits per heavy atom. The molecule has 0 fully saturated rings. The van der Waals surface area contributed by atoms with Gasteiger partial charge in [-0.1, -0.05) is 0 Å². The van der Waals surface area contributed by atoms with E-state index in [1.54, 1.807) is 17.6 Å². The second-order valence-corrected chi connectivity index (χ2v) is 5.00. The van der Waals surface area contributed by atoms with E-state index in [9.17, 15) is 4.79 Å². The van der Waals surface area contributed by atoms with Crippen LogP contribution in [0.1, 0.15) is 36.7 Å². The first-order valence-electron chi connectivity index (χ1n) is 5.25. The van der Waals surface area contributed by atoms with Crippen LogP contribution in [0.3, 0.4) is 0 Å². The second kappa shape index (κ2) is 3.90. The Bertz CT molecular complexity index is 450. The summed E-state index contributed by atoms with van der Waals surface area (Å²) in [5.74, 6) is -0.387. The summed E-state index contributed by atoms with van der Waals surface area (Å²) in [6.45, 7) is 6.28. The Labute approximate surface area is 98.8 Å². The van der Waals surface area contributed by atoms with E-state index in [0.29, 0.717) is 11.6 Å². The molecule has 1 amide bonds. The van der Waals surface area contributed by atoms with Gasteiger partial charge in [0.15, 0.2) is 0 Å². The minimum atomic E-state index is -0.387. The van der Waals surface area contributed by atoms with Crippen molar-refractivity contribution in [3.63, 3.8) is 0 Å². The van der Waals surface area contributed by atoms with Crippen molar-refractivity contribution in [3.05, 3.63) is 16.5 Å². The number of nitrogens with two attached hydrogens (primary N) is 1. The summed E-state index contributed by atoms with van der Waals surface area (Å²) in [7, 11) is 0.